The highest BCUT2D eigenvalue weighted by atomic mass is 19.4. The molecular formula is C18H29F3O4. The van der Waals surface area contributed by atoms with E-state index in [1.165, 1.54) is 0 Å². The Bertz CT molecular complexity index is 473. The van der Waals surface area contributed by atoms with Gasteiger partial charge in [0.2, 0.25) is 0 Å². The largest absolute Gasteiger partial charge is 0.459 e. The molecule has 1 fully saturated rings. The maximum atomic E-state index is 12.8. The lowest BCUT2D eigenvalue weighted by molar-refractivity contribution is -0.277. The summed E-state index contributed by atoms with van der Waals surface area (Å²) in [5.74, 6) is -0.452. The third-order valence-corrected chi connectivity index (χ3v) is 4.66. The molecule has 7 heteroatoms. The zero-order valence-electron chi connectivity index (χ0n) is 15.2. The van der Waals surface area contributed by atoms with E-state index in [-0.39, 0.29) is 6.10 Å². The van der Waals surface area contributed by atoms with Crippen LogP contribution < -0.4 is 0 Å². The van der Waals surface area contributed by atoms with E-state index in [0.29, 0.717) is 31.8 Å². The van der Waals surface area contributed by atoms with Crippen molar-refractivity contribution in [2.45, 2.75) is 89.2 Å². The van der Waals surface area contributed by atoms with Crippen LogP contribution >= 0.6 is 0 Å². The first-order valence-electron chi connectivity index (χ1n) is 8.66. The molecule has 0 aliphatic heterocycles. The van der Waals surface area contributed by atoms with Crippen molar-refractivity contribution in [1.29, 1.82) is 0 Å². The Morgan fingerprint density at radius 3 is 2.44 bits per heavy atom. The van der Waals surface area contributed by atoms with E-state index in [1.54, 1.807) is 13.8 Å². The van der Waals surface area contributed by atoms with Crippen LogP contribution in [0.2, 0.25) is 0 Å². The van der Waals surface area contributed by atoms with Gasteiger partial charge in [0.05, 0.1) is 12.2 Å². The number of hydrogen-bond donors (Lipinski definition) is 1. The third-order valence-electron chi connectivity index (χ3n) is 4.66. The topological polar surface area (TPSA) is 55.8 Å². The van der Waals surface area contributed by atoms with E-state index in [9.17, 15) is 23.1 Å². The van der Waals surface area contributed by atoms with Crippen LogP contribution in [0.4, 0.5) is 13.2 Å². The van der Waals surface area contributed by atoms with Crippen molar-refractivity contribution >= 4 is 5.97 Å². The molecule has 25 heavy (non-hydrogen) atoms. The molecule has 0 heterocycles. The van der Waals surface area contributed by atoms with Crippen molar-refractivity contribution in [2.24, 2.45) is 0 Å². The van der Waals surface area contributed by atoms with Gasteiger partial charge in [0, 0.05) is 5.57 Å². The molecule has 0 spiro atoms. The number of carbonyl (C=O) groups is 1. The number of aliphatic hydroxyl groups is 1. The number of rotatable bonds is 5. The highest BCUT2D eigenvalue weighted by Crippen LogP contribution is 2.35. The average molecular weight is 366 g/mol. The smallest absolute Gasteiger partial charge is 0.419 e. The average Bonchev–Trinajstić information content (AvgIpc) is 2.56. The standard InChI is InChI=1S/C18H29F3O4/c1-13(2)15(22)25-14-8-6-5-7-10-16(3,11-9-14)24-12-17(4,23)18(19,20)21/h14,23H,1,5-12H2,2-4H3. The quantitative estimate of drug-likeness (QED) is 0.582. The summed E-state index contributed by atoms with van der Waals surface area (Å²) in [6.45, 7) is 6.78. The van der Waals surface area contributed by atoms with Gasteiger partial charge in [-0.1, -0.05) is 19.4 Å². The molecule has 0 aromatic heterocycles. The van der Waals surface area contributed by atoms with Crippen molar-refractivity contribution < 1.29 is 32.5 Å². The molecule has 4 nitrogen and oxygen atoms in total. The molecular weight excluding hydrogens is 337 g/mol. The summed E-state index contributed by atoms with van der Waals surface area (Å²) >= 11 is 0. The number of alkyl halides is 3. The minimum absolute atomic E-state index is 0.298. The van der Waals surface area contributed by atoms with Gasteiger partial charge in [-0.25, -0.2) is 4.79 Å². The van der Waals surface area contributed by atoms with E-state index in [1.807, 2.05) is 0 Å². The summed E-state index contributed by atoms with van der Waals surface area (Å²) in [6.07, 6.45) is -0.197. The van der Waals surface area contributed by atoms with Crippen molar-refractivity contribution in [3.05, 3.63) is 12.2 Å². The number of ether oxygens (including phenoxy) is 2. The maximum absolute atomic E-state index is 12.8. The van der Waals surface area contributed by atoms with Crippen LogP contribution in [-0.2, 0) is 14.3 Å². The normalized spacial score (nSPS) is 28.2. The second kappa shape index (κ2) is 8.54. The molecule has 0 aromatic carbocycles. The van der Waals surface area contributed by atoms with Crippen LogP contribution in [-0.4, -0.2) is 41.2 Å². The van der Waals surface area contributed by atoms with Gasteiger partial charge < -0.3 is 14.6 Å². The first-order chi connectivity index (χ1) is 11.4. The van der Waals surface area contributed by atoms with Gasteiger partial charge in [-0.3, -0.25) is 0 Å². The molecule has 3 unspecified atom stereocenters. The van der Waals surface area contributed by atoms with E-state index < -0.39 is 30.0 Å². The number of hydrogen-bond acceptors (Lipinski definition) is 4. The highest BCUT2D eigenvalue weighted by molar-refractivity contribution is 5.87. The molecule has 1 saturated carbocycles. The number of halogens is 3. The fourth-order valence-electron chi connectivity index (χ4n) is 2.69. The number of esters is 1. The van der Waals surface area contributed by atoms with Crippen LogP contribution in [0.3, 0.4) is 0 Å². The molecule has 3 atom stereocenters. The fourth-order valence-corrected chi connectivity index (χ4v) is 2.69. The first kappa shape index (κ1) is 22.0. The fraction of sp³-hybridized carbons (Fsp3) is 0.833. The lowest BCUT2D eigenvalue weighted by Crippen LogP contribution is -2.48. The van der Waals surface area contributed by atoms with Crippen LogP contribution in [0.15, 0.2) is 12.2 Å². The second-order valence-electron chi connectivity index (χ2n) is 7.46. The molecule has 1 aliphatic carbocycles. The van der Waals surface area contributed by atoms with Gasteiger partial charge in [-0.15, -0.1) is 0 Å². The molecule has 1 N–H and O–H groups in total. The van der Waals surface area contributed by atoms with Crippen molar-refractivity contribution in [3.8, 4) is 0 Å². The van der Waals surface area contributed by atoms with Crippen molar-refractivity contribution in [1.82, 2.24) is 0 Å². The van der Waals surface area contributed by atoms with E-state index in [0.717, 1.165) is 25.7 Å². The summed E-state index contributed by atoms with van der Waals surface area (Å²) in [4.78, 5) is 11.7. The van der Waals surface area contributed by atoms with Crippen LogP contribution in [0.1, 0.15) is 65.7 Å². The molecule has 0 bridgehead atoms. The zero-order chi connectivity index (χ0) is 19.3. The SMILES string of the molecule is C=C(C)C(=O)OC1CCCCCC(C)(OCC(C)(O)C(F)(F)F)CC1. The molecule has 0 aromatic rings. The van der Waals surface area contributed by atoms with E-state index >= 15 is 0 Å². The molecule has 146 valence electrons. The van der Waals surface area contributed by atoms with Gasteiger partial charge in [0.25, 0.3) is 0 Å². The Morgan fingerprint density at radius 2 is 1.88 bits per heavy atom. The van der Waals surface area contributed by atoms with Gasteiger partial charge in [0.1, 0.15) is 6.10 Å². The lowest BCUT2D eigenvalue weighted by atomic mass is 9.92. The molecule has 0 amide bonds. The van der Waals surface area contributed by atoms with Crippen LogP contribution in [0.25, 0.3) is 0 Å². The lowest BCUT2D eigenvalue weighted by Gasteiger charge is -2.35. The van der Waals surface area contributed by atoms with Crippen molar-refractivity contribution in [3.63, 3.8) is 0 Å². The van der Waals surface area contributed by atoms with Gasteiger partial charge in [-0.2, -0.15) is 13.2 Å². The van der Waals surface area contributed by atoms with Gasteiger partial charge in [0.15, 0.2) is 5.60 Å². The van der Waals surface area contributed by atoms with Gasteiger partial charge in [-0.05, 0) is 52.9 Å². The first-order valence-corrected chi connectivity index (χ1v) is 8.66. The summed E-state index contributed by atoms with van der Waals surface area (Å²) in [5.41, 5.74) is -3.37. The second-order valence-corrected chi connectivity index (χ2v) is 7.46. The summed E-state index contributed by atoms with van der Waals surface area (Å²) < 4.78 is 49.4. The summed E-state index contributed by atoms with van der Waals surface area (Å²) in [7, 11) is 0. The Hall–Kier alpha value is -1.08. The predicted molar refractivity (Wildman–Crippen MR) is 88.0 cm³/mol. The summed E-state index contributed by atoms with van der Waals surface area (Å²) in [5, 5.41) is 9.58. The van der Waals surface area contributed by atoms with E-state index in [2.05, 4.69) is 6.58 Å². The Balaban J connectivity index is 2.71. The molecule has 1 rings (SSSR count). The van der Waals surface area contributed by atoms with Crippen LogP contribution in [0.5, 0.6) is 0 Å². The molecule has 1 aliphatic rings. The third kappa shape index (κ3) is 6.98. The summed E-state index contributed by atoms with van der Waals surface area (Å²) in [6, 6.07) is 0. The van der Waals surface area contributed by atoms with Gasteiger partial charge >= 0.3 is 12.1 Å². The number of carbonyl (C=O) groups excluding carboxylic acids is 1. The maximum Gasteiger partial charge on any atom is 0.419 e. The Kier molecular flexibility index (Phi) is 7.50. The Labute approximate surface area is 147 Å². The molecule has 0 saturated heterocycles. The highest BCUT2D eigenvalue weighted by Gasteiger charge is 2.51. The van der Waals surface area contributed by atoms with Crippen molar-refractivity contribution in [2.75, 3.05) is 6.61 Å². The van der Waals surface area contributed by atoms with E-state index in [4.69, 9.17) is 9.47 Å². The van der Waals surface area contributed by atoms with Crippen LogP contribution in [0, 0.1) is 0 Å². The zero-order valence-corrected chi connectivity index (χ0v) is 15.2. The minimum Gasteiger partial charge on any atom is -0.459 e. The monoisotopic (exact) mass is 366 g/mol. The minimum atomic E-state index is -4.75. The Morgan fingerprint density at radius 1 is 1.24 bits per heavy atom. The molecule has 0 radical (unpaired) electrons. The predicted octanol–water partition coefficient (Wildman–Crippen LogP) is 4.31.